The summed E-state index contributed by atoms with van der Waals surface area (Å²) in [5.74, 6) is -0.262. The molecule has 0 spiro atoms. The van der Waals surface area contributed by atoms with Gasteiger partial charge in [0.15, 0.2) is 11.6 Å². The average Bonchev–Trinajstić information content (AvgIpc) is 2.41. The van der Waals surface area contributed by atoms with Gasteiger partial charge in [0.25, 0.3) is 0 Å². The molecule has 0 heterocycles. The minimum absolute atomic E-state index is 0.171. The second kappa shape index (κ2) is 6.01. The summed E-state index contributed by atoms with van der Waals surface area (Å²) >= 11 is 4.80. The second-order valence-corrected chi connectivity index (χ2v) is 5.16. The number of rotatable bonds is 4. The summed E-state index contributed by atoms with van der Waals surface area (Å²) in [5.41, 5.74) is 9.37. The van der Waals surface area contributed by atoms with Crippen molar-refractivity contribution in [2.24, 2.45) is 5.73 Å². The molecular formula is C16H16FNOS. The Morgan fingerprint density at radius 1 is 1.15 bits per heavy atom. The Morgan fingerprint density at radius 3 is 2.50 bits per heavy atom. The van der Waals surface area contributed by atoms with Crippen molar-refractivity contribution in [3.63, 3.8) is 0 Å². The standard InChI is InChI=1S/C16H16FNOS/c1-10-3-4-12(7-11(10)2)9-19-15-6-5-13(16(18)20)8-14(15)17/h3-8H,9H2,1-2H3,(H2,18,20). The molecule has 0 aliphatic rings. The highest BCUT2D eigenvalue weighted by molar-refractivity contribution is 7.80. The van der Waals surface area contributed by atoms with Crippen LogP contribution in [0.1, 0.15) is 22.3 Å². The Morgan fingerprint density at radius 2 is 1.90 bits per heavy atom. The van der Waals surface area contributed by atoms with Crippen molar-refractivity contribution in [2.75, 3.05) is 0 Å². The first-order chi connectivity index (χ1) is 9.47. The average molecular weight is 289 g/mol. The molecule has 2 aromatic rings. The molecule has 0 aliphatic heterocycles. The van der Waals surface area contributed by atoms with Gasteiger partial charge in [-0.05, 0) is 48.7 Å². The Hall–Kier alpha value is -1.94. The molecule has 0 aliphatic carbocycles. The van der Waals surface area contributed by atoms with Gasteiger partial charge in [-0.25, -0.2) is 4.39 Å². The fourth-order valence-corrected chi connectivity index (χ4v) is 1.95. The summed E-state index contributed by atoms with van der Waals surface area (Å²) in [4.78, 5) is 0.171. The third-order valence-corrected chi connectivity index (χ3v) is 3.42. The van der Waals surface area contributed by atoms with E-state index in [1.165, 1.54) is 17.2 Å². The number of thiocarbonyl (C=S) groups is 1. The maximum absolute atomic E-state index is 13.8. The smallest absolute Gasteiger partial charge is 0.165 e. The maximum atomic E-state index is 13.8. The van der Waals surface area contributed by atoms with E-state index in [4.69, 9.17) is 22.7 Å². The van der Waals surface area contributed by atoms with Crippen LogP contribution >= 0.6 is 12.2 Å². The first kappa shape index (κ1) is 14.5. The van der Waals surface area contributed by atoms with Crippen LogP contribution in [0.2, 0.25) is 0 Å². The van der Waals surface area contributed by atoms with E-state index in [0.29, 0.717) is 12.2 Å². The molecule has 0 atom stereocenters. The zero-order chi connectivity index (χ0) is 14.7. The van der Waals surface area contributed by atoms with Gasteiger partial charge >= 0.3 is 0 Å². The number of nitrogens with two attached hydrogens (primary N) is 1. The molecule has 2 nitrogen and oxygen atoms in total. The number of hydrogen-bond acceptors (Lipinski definition) is 2. The van der Waals surface area contributed by atoms with Gasteiger partial charge in [0.05, 0.1) is 0 Å². The largest absolute Gasteiger partial charge is 0.486 e. The molecular weight excluding hydrogens is 273 g/mol. The molecule has 0 saturated heterocycles. The van der Waals surface area contributed by atoms with E-state index >= 15 is 0 Å². The molecule has 0 amide bonds. The third kappa shape index (κ3) is 3.33. The summed E-state index contributed by atoms with van der Waals surface area (Å²) in [6.45, 7) is 4.41. The van der Waals surface area contributed by atoms with E-state index in [0.717, 1.165) is 5.56 Å². The number of hydrogen-bond donors (Lipinski definition) is 1. The number of aryl methyl sites for hydroxylation is 2. The van der Waals surface area contributed by atoms with Crippen molar-refractivity contribution in [3.8, 4) is 5.75 Å². The first-order valence-corrected chi connectivity index (χ1v) is 6.66. The first-order valence-electron chi connectivity index (χ1n) is 6.25. The molecule has 0 aromatic heterocycles. The van der Waals surface area contributed by atoms with Gasteiger partial charge < -0.3 is 10.5 Å². The predicted octanol–water partition coefficient (Wildman–Crippen LogP) is 3.66. The van der Waals surface area contributed by atoms with E-state index in [1.807, 2.05) is 32.0 Å². The predicted molar refractivity (Wildman–Crippen MR) is 82.5 cm³/mol. The third-order valence-electron chi connectivity index (χ3n) is 3.18. The number of halogens is 1. The second-order valence-electron chi connectivity index (χ2n) is 4.72. The van der Waals surface area contributed by atoms with Gasteiger partial charge in [-0.3, -0.25) is 0 Å². The molecule has 0 fully saturated rings. The molecule has 2 rings (SSSR count). The van der Waals surface area contributed by atoms with Crippen LogP contribution in [0.5, 0.6) is 5.75 Å². The highest BCUT2D eigenvalue weighted by atomic mass is 32.1. The van der Waals surface area contributed by atoms with E-state index < -0.39 is 5.82 Å². The van der Waals surface area contributed by atoms with Crippen molar-refractivity contribution in [1.82, 2.24) is 0 Å². The topological polar surface area (TPSA) is 35.2 Å². The van der Waals surface area contributed by atoms with Gasteiger partial charge in [0.1, 0.15) is 11.6 Å². The van der Waals surface area contributed by atoms with E-state index in [1.54, 1.807) is 12.1 Å². The lowest BCUT2D eigenvalue weighted by atomic mass is 10.1. The van der Waals surface area contributed by atoms with E-state index in [-0.39, 0.29) is 10.7 Å². The van der Waals surface area contributed by atoms with Crippen LogP contribution in [0.25, 0.3) is 0 Å². The molecule has 20 heavy (non-hydrogen) atoms. The van der Waals surface area contributed by atoms with E-state index in [9.17, 15) is 4.39 Å². The normalized spacial score (nSPS) is 10.3. The SMILES string of the molecule is Cc1ccc(COc2ccc(C(N)=S)cc2F)cc1C. The van der Waals surface area contributed by atoms with Crippen LogP contribution < -0.4 is 10.5 Å². The Kier molecular flexibility index (Phi) is 4.35. The highest BCUT2D eigenvalue weighted by Gasteiger charge is 2.07. The number of ether oxygens (including phenoxy) is 1. The van der Waals surface area contributed by atoms with Gasteiger partial charge in [-0.1, -0.05) is 30.4 Å². The quantitative estimate of drug-likeness (QED) is 0.873. The van der Waals surface area contributed by atoms with Crippen molar-refractivity contribution in [2.45, 2.75) is 20.5 Å². The van der Waals surface area contributed by atoms with Crippen LogP contribution in [-0.4, -0.2) is 4.99 Å². The molecule has 0 radical (unpaired) electrons. The van der Waals surface area contributed by atoms with Crippen LogP contribution in [0.4, 0.5) is 4.39 Å². The van der Waals surface area contributed by atoms with Crippen LogP contribution in [0.3, 0.4) is 0 Å². The summed E-state index contributed by atoms with van der Waals surface area (Å²) in [6.07, 6.45) is 0. The zero-order valence-electron chi connectivity index (χ0n) is 11.4. The molecule has 0 bridgehead atoms. The Bertz CT molecular complexity index is 655. The summed E-state index contributed by atoms with van der Waals surface area (Å²) in [5, 5.41) is 0. The summed E-state index contributed by atoms with van der Waals surface area (Å²) < 4.78 is 19.3. The molecule has 2 aromatic carbocycles. The molecule has 104 valence electrons. The maximum Gasteiger partial charge on any atom is 0.165 e. The van der Waals surface area contributed by atoms with Crippen LogP contribution in [0.15, 0.2) is 36.4 Å². The zero-order valence-corrected chi connectivity index (χ0v) is 12.3. The van der Waals surface area contributed by atoms with Crippen molar-refractivity contribution < 1.29 is 9.13 Å². The molecule has 2 N–H and O–H groups in total. The summed E-state index contributed by atoms with van der Waals surface area (Å²) in [6, 6.07) is 10.5. The Balaban J connectivity index is 2.10. The van der Waals surface area contributed by atoms with Gasteiger partial charge in [0, 0.05) is 5.56 Å². The van der Waals surface area contributed by atoms with Crippen molar-refractivity contribution in [3.05, 3.63) is 64.5 Å². The molecule has 4 heteroatoms. The van der Waals surface area contributed by atoms with Gasteiger partial charge in [-0.2, -0.15) is 0 Å². The van der Waals surface area contributed by atoms with Gasteiger partial charge in [-0.15, -0.1) is 0 Å². The minimum Gasteiger partial charge on any atom is -0.486 e. The fraction of sp³-hybridized carbons (Fsp3) is 0.188. The number of benzene rings is 2. The minimum atomic E-state index is -0.459. The molecule has 0 unspecified atom stereocenters. The highest BCUT2D eigenvalue weighted by Crippen LogP contribution is 2.20. The summed E-state index contributed by atoms with van der Waals surface area (Å²) in [7, 11) is 0. The fourth-order valence-electron chi connectivity index (χ4n) is 1.83. The van der Waals surface area contributed by atoms with Crippen molar-refractivity contribution in [1.29, 1.82) is 0 Å². The lowest BCUT2D eigenvalue weighted by molar-refractivity contribution is 0.290. The monoisotopic (exact) mass is 289 g/mol. The van der Waals surface area contributed by atoms with Gasteiger partial charge in [0.2, 0.25) is 0 Å². The van der Waals surface area contributed by atoms with Crippen LogP contribution in [0, 0.1) is 19.7 Å². The van der Waals surface area contributed by atoms with Crippen LogP contribution in [-0.2, 0) is 6.61 Å². The Labute approximate surface area is 123 Å². The van der Waals surface area contributed by atoms with E-state index in [2.05, 4.69) is 0 Å². The van der Waals surface area contributed by atoms with Crippen molar-refractivity contribution >= 4 is 17.2 Å². The lowest BCUT2D eigenvalue weighted by Gasteiger charge is -2.10. The molecule has 0 saturated carbocycles. The lowest BCUT2D eigenvalue weighted by Crippen LogP contribution is -2.09.